The molecule has 2 rings (SSSR count). The van der Waals surface area contributed by atoms with Crippen LogP contribution < -0.4 is 5.32 Å². The van der Waals surface area contributed by atoms with Crippen LogP contribution in [0.5, 0.6) is 0 Å². The summed E-state index contributed by atoms with van der Waals surface area (Å²) in [5, 5.41) is 20.7. The quantitative estimate of drug-likeness (QED) is 0.767. The normalized spacial score (nSPS) is 12.2. The van der Waals surface area contributed by atoms with Crippen LogP contribution in [0.25, 0.3) is 11.1 Å². The number of amides is 1. The maximum atomic E-state index is 12.1. The first kappa shape index (κ1) is 17.2. The molecule has 4 heteroatoms. The molecule has 2 aromatic rings. The van der Waals surface area contributed by atoms with Crippen molar-refractivity contribution in [3.8, 4) is 11.1 Å². The van der Waals surface area contributed by atoms with Crippen molar-refractivity contribution in [2.45, 2.75) is 25.9 Å². The number of benzene rings is 2. The van der Waals surface area contributed by atoms with Crippen LogP contribution in [0.2, 0.25) is 0 Å². The van der Waals surface area contributed by atoms with Crippen molar-refractivity contribution in [2.75, 3.05) is 13.2 Å². The van der Waals surface area contributed by atoms with Crippen molar-refractivity contribution in [2.24, 2.45) is 0 Å². The second-order valence-electron chi connectivity index (χ2n) is 5.91. The van der Waals surface area contributed by atoms with Crippen LogP contribution in [0.4, 0.5) is 0 Å². The molecule has 0 aromatic heterocycles. The summed E-state index contributed by atoms with van der Waals surface area (Å²) in [6.45, 7) is 3.95. The zero-order valence-corrected chi connectivity index (χ0v) is 13.5. The lowest BCUT2D eigenvalue weighted by molar-refractivity contribution is 0.0802. The Hall–Kier alpha value is -2.17. The summed E-state index contributed by atoms with van der Waals surface area (Å²) in [5.74, 6) is 0.181. The van der Waals surface area contributed by atoms with Crippen LogP contribution >= 0.6 is 0 Å². The molecule has 0 bridgehead atoms. The number of carbonyl (C=O) groups excluding carboxylic acids is 1. The molecule has 3 N–H and O–H groups in total. The van der Waals surface area contributed by atoms with Crippen molar-refractivity contribution in [1.29, 1.82) is 0 Å². The van der Waals surface area contributed by atoms with Crippen LogP contribution in [0.15, 0.2) is 48.5 Å². The van der Waals surface area contributed by atoms with E-state index in [0.29, 0.717) is 11.5 Å². The lowest BCUT2D eigenvalue weighted by Gasteiger charge is -2.11. The first-order chi connectivity index (χ1) is 11.0. The van der Waals surface area contributed by atoms with Gasteiger partial charge in [0.05, 0.1) is 12.7 Å². The molecule has 2 aromatic carbocycles. The van der Waals surface area contributed by atoms with Gasteiger partial charge in [0.25, 0.3) is 5.91 Å². The topological polar surface area (TPSA) is 69.6 Å². The van der Waals surface area contributed by atoms with Crippen LogP contribution in [-0.4, -0.2) is 35.4 Å². The highest BCUT2D eigenvalue weighted by Crippen LogP contribution is 2.24. The second kappa shape index (κ2) is 7.90. The number of aliphatic hydroxyl groups excluding tert-OH is 2. The van der Waals surface area contributed by atoms with E-state index in [9.17, 15) is 9.90 Å². The third-order valence-corrected chi connectivity index (χ3v) is 3.72. The van der Waals surface area contributed by atoms with E-state index >= 15 is 0 Å². The van der Waals surface area contributed by atoms with Gasteiger partial charge in [0, 0.05) is 12.1 Å². The molecular weight excluding hydrogens is 290 g/mol. The maximum absolute atomic E-state index is 12.1. The molecule has 0 aliphatic carbocycles. The minimum atomic E-state index is -0.940. The van der Waals surface area contributed by atoms with Crippen LogP contribution in [0, 0.1) is 0 Å². The summed E-state index contributed by atoms with van der Waals surface area (Å²) in [6, 6.07) is 15.7. The minimum absolute atomic E-state index is 0.0302. The summed E-state index contributed by atoms with van der Waals surface area (Å²) in [4.78, 5) is 12.1. The highest BCUT2D eigenvalue weighted by molar-refractivity contribution is 5.95. The molecule has 4 nitrogen and oxygen atoms in total. The predicted molar refractivity (Wildman–Crippen MR) is 91.4 cm³/mol. The van der Waals surface area contributed by atoms with Gasteiger partial charge in [-0.25, -0.2) is 0 Å². The molecule has 0 fully saturated rings. The van der Waals surface area contributed by atoms with E-state index in [2.05, 4.69) is 31.3 Å². The fourth-order valence-electron chi connectivity index (χ4n) is 2.29. The average molecular weight is 313 g/mol. The zero-order chi connectivity index (χ0) is 16.8. The van der Waals surface area contributed by atoms with E-state index in [4.69, 9.17) is 5.11 Å². The van der Waals surface area contributed by atoms with Crippen molar-refractivity contribution in [3.63, 3.8) is 0 Å². The average Bonchev–Trinajstić information content (AvgIpc) is 2.59. The summed E-state index contributed by atoms with van der Waals surface area (Å²) < 4.78 is 0. The summed E-state index contributed by atoms with van der Waals surface area (Å²) in [7, 11) is 0. The smallest absolute Gasteiger partial charge is 0.251 e. The van der Waals surface area contributed by atoms with E-state index in [0.717, 1.165) is 11.1 Å². The van der Waals surface area contributed by atoms with Crippen molar-refractivity contribution in [1.82, 2.24) is 5.32 Å². The van der Waals surface area contributed by atoms with Crippen molar-refractivity contribution < 1.29 is 15.0 Å². The fraction of sp³-hybridized carbons (Fsp3) is 0.316. The van der Waals surface area contributed by atoms with Gasteiger partial charge in [-0.05, 0) is 34.7 Å². The van der Waals surface area contributed by atoms with Gasteiger partial charge in [-0.15, -0.1) is 0 Å². The van der Waals surface area contributed by atoms with Crippen LogP contribution in [0.3, 0.4) is 0 Å². The Kier molecular flexibility index (Phi) is 5.90. The van der Waals surface area contributed by atoms with Crippen LogP contribution in [0.1, 0.15) is 35.7 Å². The molecule has 0 saturated carbocycles. The summed E-state index contributed by atoms with van der Waals surface area (Å²) in [5.41, 5.74) is 3.83. The molecule has 0 saturated heterocycles. The van der Waals surface area contributed by atoms with Gasteiger partial charge in [-0.3, -0.25) is 4.79 Å². The molecule has 0 radical (unpaired) electrons. The molecule has 0 unspecified atom stereocenters. The molecule has 1 atom stereocenters. The van der Waals surface area contributed by atoms with Crippen LogP contribution in [-0.2, 0) is 0 Å². The van der Waals surface area contributed by atoms with Crippen molar-refractivity contribution in [3.05, 3.63) is 59.7 Å². The summed E-state index contributed by atoms with van der Waals surface area (Å²) >= 11 is 0. The largest absolute Gasteiger partial charge is 0.394 e. The molecule has 0 heterocycles. The number of hydrogen-bond acceptors (Lipinski definition) is 3. The molecule has 0 spiro atoms. The fourth-order valence-corrected chi connectivity index (χ4v) is 2.29. The van der Waals surface area contributed by atoms with E-state index in [1.54, 1.807) is 6.07 Å². The first-order valence-electron chi connectivity index (χ1n) is 7.78. The van der Waals surface area contributed by atoms with E-state index < -0.39 is 6.10 Å². The number of carbonyl (C=O) groups is 1. The Morgan fingerprint density at radius 1 is 1.09 bits per heavy atom. The molecule has 0 aliphatic rings. The van der Waals surface area contributed by atoms with Gasteiger partial charge in [0.1, 0.15) is 0 Å². The van der Waals surface area contributed by atoms with Gasteiger partial charge >= 0.3 is 0 Å². The Labute approximate surface area is 136 Å². The number of nitrogens with one attached hydrogen (secondary N) is 1. The van der Waals surface area contributed by atoms with E-state index in [-0.39, 0.29) is 19.1 Å². The lowest BCUT2D eigenvalue weighted by Crippen LogP contribution is -2.33. The second-order valence-corrected chi connectivity index (χ2v) is 5.91. The number of aliphatic hydroxyl groups is 2. The van der Waals surface area contributed by atoms with Gasteiger partial charge in [0.15, 0.2) is 0 Å². The Morgan fingerprint density at radius 2 is 1.74 bits per heavy atom. The van der Waals surface area contributed by atoms with Gasteiger partial charge in [-0.1, -0.05) is 50.2 Å². The number of hydrogen-bond donors (Lipinski definition) is 3. The molecule has 1 amide bonds. The third-order valence-electron chi connectivity index (χ3n) is 3.72. The van der Waals surface area contributed by atoms with Gasteiger partial charge in [0.2, 0.25) is 0 Å². The lowest BCUT2D eigenvalue weighted by atomic mass is 9.96. The summed E-state index contributed by atoms with van der Waals surface area (Å²) in [6.07, 6.45) is -0.940. The SMILES string of the molecule is CC(C)c1cccc(-c2cccc(C(=O)NC[C@@H](O)CO)c2)c1. The Balaban J connectivity index is 2.19. The van der Waals surface area contributed by atoms with E-state index in [1.807, 2.05) is 30.3 Å². The van der Waals surface area contributed by atoms with Crippen molar-refractivity contribution >= 4 is 5.91 Å². The molecule has 23 heavy (non-hydrogen) atoms. The molecule has 122 valence electrons. The van der Waals surface area contributed by atoms with Gasteiger partial charge in [-0.2, -0.15) is 0 Å². The Bertz CT molecular complexity index is 667. The molecular formula is C19H23NO3. The highest BCUT2D eigenvalue weighted by atomic mass is 16.3. The third kappa shape index (κ3) is 4.65. The zero-order valence-electron chi connectivity index (χ0n) is 13.5. The standard InChI is InChI=1S/C19H23NO3/c1-13(2)14-5-3-6-15(9-14)16-7-4-8-17(10-16)19(23)20-11-18(22)12-21/h3-10,13,18,21-22H,11-12H2,1-2H3,(H,20,23)/t18-/m1/s1. The monoisotopic (exact) mass is 313 g/mol. The maximum Gasteiger partial charge on any atom is 0.251 e. The molecule has 0 aliphatic heterocycles. The first-order valence-corrected chi connectivity index (χ1v) is 7.78. The van der Waals surface area contributed by atoms with E-state index in [1.165, 1.54) is 5.56 Å². The highest BCUT2D eigenvalue weighted by Gasteiger charge is 2.10. The predicted octanol–water partition coefficient (Wildman–Crippen LogP) is 2.56. The minimum Gasteiger partial charge on any atom is -0.394 e. The van der Waals surface area contributed by atoms with Gasteiger partial charge < -0.3 is 15.5 Å². The Morgan fingerprint density at radius 3 is 2.39 bits per heavy atom. The number of rotatable bonds is 6.